The molecule has 25 heavy (non-hydrogen) atoms. The molecule has 1 aliphatic rings. The first-order chi connectivity index (χ1) is 11.8. The number of nitro benzene ring substituents is 1. The van der Waals surface area contributed by atoms with Crippen molar-refractivity contribution in [2.75, 3.05) is 18.9 Å². The highest BCUT2D eigenvalue weighted by Gasteiger charge is 2.27. The van der Waals surface area contributed by atoms with Gasteiger partial charge in [-0.05, 0) is 45.7 Å². The summed E-state index contributed by atoms with van der Waals surface area (Å²) in [6.07, 6.45) is 3.67. The number of aliphatic hydroxyl groups is 1. The van der Waals surface area contributed by atoms with E-state index in [2.05, 4.69) is 5.32 Å². The number of aliphatic hydroxyl groups excluding tert-OH is 1. The molecule has 1 fully saturated rings. The van der Waals surface area contributed by atoms with Gasteiger partial charge in [0, 0.05) is 12.6 Å². The predicted octanol–water partition coefficient (Wildman–Crippen LogP) is 2.71. The summed E-state index contributed by atoms with van der Waals surface area (Å²) in [5.41, 5.74) is 0.889. The Bertz CT molecular complexity index is 635. The molecule has 0 bridgehead atoms. The standard InChI is InChI=1S/C18H27N3O4/c1-12-15(8-6-9-16(12)21(24)25)19-18(23)13(2)20(3)11-14-7-4-5-10-17(14)22/h6,8-9,13-14,17,22H,4-5,7,10-11H2,1-3H3,(H,19,23). The minimum atomic E-state index is -0.453. The molecule has 3 atom stereocenters. The monoisotopic (exact) mass is 349 g/mol. The number of likely N-dealkylation sites (N-methyl/N-ethyl adjacent to an activating group) is 1. The average Bonchev–Trinajstić information content (AvgIpc) is 2.57. The molecule has 7 heteroatoms. The Morgan fingerprint density at radius 3 is 2.76 bits per heavy atom. The molecule has 7 nitrogen and oxygen atoms in total. The number of nitrogens with zero attached hydrogens (tertiary/aromatic N) is 2. The van der Waals surface area contributed by atoms with Crippen molar-refractivity contribution in [2.24, 2.45) is 5.92 Å². The fourth-order valence-corrected chi connectivity index (χ4v) is 3.32. The van der Waals surface area contributed by atoms with E-state index in [0.717, 1.165) is 25.7 Å². The van der Waals surface area contributed by atoms with Gasteiger partial charge in [0.05, 0.1) is 28.3 Å². The number of carbonyl (C=O) groups is 1. The molecule has 1 aromatic rings. The van der Waals surface area contributed by atoms with Crippen LogP contribution in [0.25, 0.3) is 0 Å². The lowest BCUT2D eigenvalue weighted by Crippen LogP contribution is -2.44. The van der Waals surface area contributed by atoms with E-state index in [1.165, 1.54) is 6.07 Å². The lowest BCUT2D eigenvalue weighted by Gasteiger charge is -2.33. The SMILES string of the molecule is Cc1c(NC(=O)C(C)N(C)CC2CCCCC2O)cccc1[N+](=O)[O-]. The molecule has 0 aliphatic heterocycles. The number of anilines is 1. The lowest BCUT2D eigenvalue weighted by molar-refractivity contribution is -0.385. The second-order valence-corrected chi connectivity index (χ2v) is 6.92. The van der Waals surface area contributed by atoms with Gasteiger partial charge in [0.1, 0.15) is 0 Å². The summed E-state index contributed by atoms with van der Waals surface area (Å²) >= 11 is 0. The molecule has 1 aliphatic carbocycles. The van der Waals surface area contributed by atoms with Crippen LogP contribution in [-0.2, 0) is 4.79 Å². The smallest absolute Gasteiger partial charge is 0.274 e. The Kier molecular flexibility index (Phi) is 6.50. The maximum absolute atomic E-state index is 12.5. The molecule has 0 radical (unpaired) electrons. The topological polar surface area (TPSA) is 95.7 Å². The minimum Gasteiger partial charge on any atom is -0.393 e. The Hall–Kier alpha value is -1.99. The van der Waals surface area contributed by atoms with E-state index in [-0.39, 0.29) is 23.6 Å². The second kappa shape index (κ2) is 8.40. The number of nitro groups is 1. The van der Waals surface area contributed by atoms with Gasteiger partial charge in [-0.1, -0.05) is 18.9 Å². The van der Waals surface area contributed by atoms with Gasteiger partial charge in [0.15, 0.2) is 0 Å². The fraction of sp³-hybridized carbons (Fsp3) is 0.611. The highest BCUT2D eigenvalue weighted by atomic mass is 16.6. The molecule has 0 saturated heterocycles. The first-order valence-electron chi connectivity index (χ1n) is 8.74. The largest absolute Gasteiger partial charge is 0.393 e. The van der Waals surface area contributed by atoms with Crippen LogP contribution in [0.1, 0.15) is 38.2 Å². The third kappa shape index (κ3) is 4.76. The normalized spacial score (nSPS) is 21.8. The summed E-state index contributed by atoms with van der Waals surface area (Å²) in [5.74, 6) is -0.0232. The van der Waals surface area contributed by atoms with Gasteiger partial charge in [-0.2, -0.15) is 0 Å². The second-order valence-electron chi connectivity index (χ2n) is 6.92. The molecule has 2 N–H and O–H groups in total. The van der Waals surface area contributed by atoms with E-state index in [1.807, 2.05) is 11.9 Å². The molecule has 1 saturated carbocycles. The van der Waals surface area contributed by atoms with Crippen molar-refractivity contribution in [1.82, 2.24) is 4.90 Å². The number of amides is 1. The molecular formula is C18H27N3O4. The summed E-state index contributed by atoms with van der Waals surface area (Å²) < 4.78 is 0. The van der Waals surface area contributed by atoms with Crippen molar-refractivity contribution >= 4 is 17.3 Å². The Balaban J connectivity index is 2.00. The number of rotatable bonds is 6. The zero-order valence-electron chi connectivity index (χ0n) is 15.1. The molecule has 1 aromatic carbocycles. The third-order valence-electron chi connectivity index (χ3n) is 5.19. The van der Waals surface area contributed by atoms with Gasteiger partial charge in [-0.3, -0.25) is 19.8 Å². The summed E-state index contributed by atoms with van der Waals surface area (Å²) in [5, 5.41) is 23.9. The molecule has 0 heterocycles. The first-order valence-corrected chi connectivity index (χ1v) is 8.74. The van der Waals surface area contributed by atoms with E-state index in [1.54, 1.807) is 26.0 Å². The van der Waals surface area contributed by atoms with Crippen LogP contribution in [0.2, 0.25) is 0 Å². The average molecular weight is 349 g/mol. The molecule has 138 valence electrons. The van der Waals surface area contributed by atoms with Crippen LogP contribution < -0.4 is 5.32 Å². The fourth-order valence-electron chi connectivity index (χ4n) is 3.32. The number of hydrogen-bond donors (Lipinski definition) is 2. The van der Waals surface area contributed by atoms with E-state index in [0.29, 0.717) is 17.8 Å². The summed E-state index contributed by atoms with van der Waals surface area (Å²) in [6, 6.07) is 4.25. The van der Waals surface area contributed by atoms with Gasteiger partial charge >= 0.3 is 0 Å². The first kappa shape index (κ1) is 19.3. The molecule has 0 aromatic heterocycles. The van der Waals surface area contributed by atoms with Crippen LogP contribution in [0.4, 0.5) is 11.4 Å². The highest BCUT2D eigenvalue weighted by Crippen LogP contribution is 2.27. The maximum Gasteiger partial charge on any atom is 0.274 e. The van der Waals surface area contributed by atoms with Crippen LogP contribution >= 0.6 is 0 Å². The zero-order valence-corrected chi connectivity index (χ0v) is 15.1. The summed E-state index contributed by atoms with van der Waals surface area (Å²) in [4.78, 5) is 25.0. The van der Waals surface area contributed by atoms with Crippen LogP contribution in [0.5, 0.6) is 0 Å². The zero-order chi connectivity index (χ0) is 18.6. The predicted molar refractivity (Wildman–Crippen MR) is 96.5 cm³/mol. The van der Waals surface area contributed by atoms with Gasteiger partial charge in [0.2, 0.25) is 5.91 Å². The molecule has 2 rings (SSSR count). The van der Waals surface area contributed by atoms with Gasteiger partial charge in [0.25, 0.3) is 5.69 Å². The maximum atomic E-state index is 12.5. The van der Waals surface area contributed by atoms with Crippen molar-refractivity contribution in [2.45, 2.75) is 51.7 Å². The number of hydrogen-bond acceptors (Lipinski definition) is 5. The highest BCUT2D eigenvalue weighted by molar-refractivity contribution is 5.95. The van der Waals surface area contributed by atoms with Crippen LogP contribution in [0.15, 0.2) is 18.2 Å². The summed E-state index contributed by atoms with van der Waals surface area (Å²) in [7, 11) is 1.87. The number of benzene rings is 1. The molecule has 0 spiro atoms. The number of nitrogens with one attached hydrogen (secondary N) is 1. The van der Waals surface area contributed by atoms with Crippen molar-refractivity contribution in [1.29, 1.82) is 0 Å². The van der Waals surface area contributed by atoms with E-state index in [4.69, 9.17) is 0 Å². The van der Waals surface area contributed by atoms with Crippen LogP contribution in [-0.4, -0.2) is 46.6 Å². The van der Waals surface area contributed by atoms with E-state index < -0.39 is 11.0 Å². The third-order valence-corrected chi connectivity index (χ3v) is 5.19. The van der Waals surface area contributed by atoms with Crippen molar-refractivity contribution in [3.63, 3.8) is 0 Å². The van der Waals surface area contributed by atoms with Gasteiger partial charge in [-0.15, -0.1) is 0 Å². The molecule has 3 unspecified atom stereocenters. The van der Waals surface area contributed by atoms with Crippen molar-refractivity contribution < 1.29 is 14.8 Å². The molecular weight excluding hydrogens is 322 g/mol. The summed E-state index contributed by atoms with van der Waals surface area (Å²) in [6.45, 7) is 4.08. The van der Waals surface area contributed by atoms with Gasteiger partial charge < -0.3 is 10.4 Å². The Morgan fingerprint density at radius 1 is 1.44 bits per heavy atom. The Morgan fingerprint density at radius 2 is 2.12 bits per heavy atom. The Labute approximate surface area is 148 Å². The van der Waals surface area contributed by atoms with Crippen molar-refractivity contribution in [3.8, 4) is 0 Å². The van der Waals surface area contributed by atoms with Crippen molar-refractivity contribution in [3.05, 3.63) is 33.9 Å². The quantitative estimate of drug-likeness (QED) is 0.608. The molecule has 1 amide bonds. The van der Waals surface area contributed by atoms with E-state index in [9.17, 15) is 20.0 Å². The van der Waals surface area contributed by atoms with Gasteiger partial charge in [-0.25, -0.2) is 0 Å². The lowest BCUT2D eigenvalue weighted by atomic mass is 9.86. The van der Waals surface area contributed by atoms with Crippen LogP contribution in [0.3, 0.4) is 0 Å². The minimum absolute atomic E-state index is 0.0101. The van der Waals surface area contributed by atoms with Crippen LogP contribution in [0, 0.1) is 23.0 Å². The van der Waals surface area contributed by atoms with E-state index >= 15 is 0 Å². The number of carbonyl (C=O) groups excluding carboxylic acids is 1.